The van der Waals surface area contributed by atoms with E-state index in [0.717, 1.165) is 31.7 Å². The molecule has 90 valence electrons. The molecule has 0 saturated carbocycles. The molecule has 1 aromatic heterocycles. The van der Waals surface area contributed by atoms with Gasteiger partial charge in [0.1, 0.15) is 5.15 Å². The maximum Gasteiger partial charge on any atom is 0.129 e. The van der Waals surface area contributed by atoms with Crippen LogP contribution < -0.4 is 5.32 Å². The molecule has 0 aromatic carbocycles. The molecular weight excluding hydrogens is 224 g/mol. The van der Waals surface area contributed by atoms with E-state index in [4.69, 9.17) is 16.3 Å². The number of ether oxygens (including phenoxy) is 1. The summed E-state index contributed by atoms with van der Waals surface area (Å²) in [6.07, 6.45) is 2.84. The zero-order chi connectivity index (χ0) is 11.8. The maximum atomic E-state index is 5.73. The molecule has 16 heavy (non-hydrogen) atoms. The second-order valence-electron chi connectivity index (χ2n) is 3.64. The Morgan fingerprint density at radius 1 is 1.50 bits per heavy atom. The average molecular weight is 243 g/mol. The van der Waals surface area contributed by atoms with E-state index in [2.05, 4.69) is 17.2 Å². The van der Waals surface area contributed by atoms with Gasteiger partial charge in [-0.25, -0.2) is 4.98 Å². The summed E-state index contributed by atoms with van der Waals surface area (Å²) in [6.45, 7) is 6.68. The number of aromatic nitrogens is 1. The molecule has 0 spiro atoms. The van der Waals surface area contributed by atoms with E-state index < -0.39 is 0 Å². The Morgan fingerprint density at radius 3 is 2.94 bits per heavy atom. The van der Waals surface area contributed by atoms with Gasteiger partial charge in [0.05, 0.1) is 0 Å². The zero-order valence-corrected chi connectivity index (χ0v) is 10.6. The van der Waals surface area contributed by atoms with Crippen molar-refractivity contribution in [2.24, 2.45) is 0 Å². The van der Waals surface area contributed by atoms with Crippen molar-refractivity contribution < 1.29 is 4.74 Å². The van der Waals surface area contributed by atoms with Crippen molar-refractivity contribution in [3.63, 3.8) is 0 Å². The molecule has 0 saturated heterocycles. The molecule has 0 amide bonds. The van der Waals surface area contributed by atoms with Crippen molar-refractivity contribution >= 4 is 11.6 Å². The van der Waals surface area contributed by atoms with Gasteiger partial charge in [-0.1, -0.05) is 17.7 Å². The lowest BCUT2D eigenvalue weighted by Crippen LogP contribution is -2.21. The number of hydrogen-bond donors (Lipinski definition) is 1. The molecule has 0 fully saturated rings. The predicted octanol–water partition coefficient (Wildman–Crippen LogP) is 2.81. The zero-order valence-electron chi connectivity index (χ0n) is 9.87. The normalized spacial score (nSPS) is 12.7. The van der Waals surface area contributed by atoms with E-state index >= 15 is 0 Å². The van der Waals surface area contributed by atoms with Gasteiger partial charge in [-0.2, -0.15) is 0 Å². The molecule has 4 heteroatoms. The van der Waals surface area contributed by atoms with Crippen LogP contribution in [0.15, 0.2) is 18.3 Å². The van der Waals surface area contributed by atoms with Crippen LogP contribution >= 0.6 is 11.6 Å². The molecule has 1 rings (SSSR count). The molecule has 1 N–H and O–H groups in total. The third-order valence-corrected chi connectivity index (χ3v) is 2.59. The van der Waals surface area contributed by atoms with Crippen molar-refractivity contribution in [3.8, 4) is 0 Å². The fourth-order valence-electron chi connectivity index (χ4n) is 1.40. The summed E-state index contributed by atoms with van der Waals surface area (Å²) in [5.74, 6) is 0. The molecule has 1 atom stereocenters. The number of halogens is 1. The van der Waals surface area contributed by atoms with E-state index in [1.807, 2.05) is 25.3 Å². The van der Waals surface area contributed by atoms with E-state index in [1.165, 1.54) is 0 Å². The number of nitrogens with one attached hydrogen (secondary N) is 1. The number of pyridine rings is 1. The first-order valence-corrected chi connectivity index (χ1v) is 6.04. The minimum atomic E-state index is 0.298. The van der Waals surface area contributed by atoms with Crippen LogP contribution in [0.2, 0.25) is 5.15 Å². The average Bonchev–Trinajstić information content (AvgIpc) is 2.29. The lowest BCUT2D eigenvalue weighted by Gasteiger charge is -2.13. The Kier molecular flexibility index (Phi) is 6.38. The Balaban J connectivity index is 2.24. The Labute approximate surface area is 102 Å². The first-order valence-electron chi connectivity index (χ1n) is 5.66. The second-order valence-corrected chi connectivity index (χ2v) is 4.03. The lowest BCUT2D eigenvalue weighted by molar-refractivity contribution is 0.144. The van der Waals surface area contributed by atoms with Gasteiger partial charge >= 0.3 is 0 Å². The van der Waals surface area contributed by atoms with Gasteiger partial charge in [0.15, 0.2) is 0 Å². The van der Waals surface area contributed by atoms with Gasteiger partial charge in [-0.05, 0) is 38.4 Å². The van der Waals surface area contributed by atoms with Crippen LogP contribution in [-0.2, 0) is 4.74 Å². The van der Waals surface area contributed by atoms with Crippen LogP contribution in [0.3, 0.4) is 0 Å². The molecule has 1 heterocycles. The molecule has 0 bridgehead atoms. The van der Waals surface area contributed by atoms with Crippen LogP contribution in [0, 0.1) is 0 Å². The summed E-state index contributed by atoms with van der Waals surface area (Å²) in [6, 6.07) is 4.11. The van der Waals surface area contributed by atoms with Crippen molar-refractivity contribution in [2.45, 2.75) is 26.3 Å². The molecule has 0 aliphatic rings. The highest BCUT2D eigenvalue weighted by Crippen LogP contribution is 2.12. The molecular formula is C12H19ClN2O. The van der Waals surface area contributed by atoms with Crippen LogP contribution in [0.25, 0.3) is 0 Å². The van der Waals surface area contributed by atoms with Gasteiger partial charge in [-0.3, -0.25) is 0 Å². The second kappa shape index (κ2) is 7.60. The number of rotatable bonds is 7. The maximum absolute atomic E-state index is 5.73. The highest BCUT2D eigenvalue weighted by Gasteiger charge is 2.04. The fourth-order valence-corrected chi connectivity index (χ4v) is 1.51. The van der Waals surface area contributed by atoms with Gasteiger partial charge in [0.25, 0.3) is 0 Å². The van der Waals surface area contributed by atoms with Crippen LogP contribution in [-0.4, -0.2) is 24.7 Å². The molecule has 0 radical (unpaired) electrons. The third-order valence-electron chi connectivity index (χ3n) is 2.37. The summed E-state index contributed by atoms with van der Waals surface area (Å²) in [4.78, 5) is 4.06. The van der Waals surface area contributed by atoms with Crippen molar-refractivity contribution in [3.05, 3.63) is 29.0 Å². The SMILES string of the molecule is CCOCCCNC(C)c1ccc(Cl)nc1. The van der Waals surface area contributed by atoms with Gasteiger partial charge < -0.3 is 10.1 Å². The Bertz CT molecular complexity index is 290. The summed E-state index contributed by atoms with van der Waals surface area (Å²) in [5.41, 5.74) is 1.15. The van der Waals surface area contributed by atoms with E-state index in [9.17, 15) is 0 Å². The van der Waals surface area contributed by atoms with Crippen LogP contribution in [0.5, 0.6) is 0 Å². The van der Waals surface area contributed by atoms with E-state index in [1.54, 1.807) is 0 Å². The number of nitrogens with zero attached hydrogens (tertiary/aromatic N) is 1. The van der Waals surface area contributed by atoms with Crippen LogP contribution in [0.4, 0.5) is 0 Å². The predicted molar refractivity (Wildman–Crippen MR) is 66.8 cm³/mol. The fraction of sp³-hybridized carbons (Fsp3) is 0.583. The molecule has 3 nitrogen and oxygen atoms in total. The van der Waals surface area contributed by atoms with Crippen molar-refractivity contribution in [2.75, 3.05) is 19.8 Å². The standard InChI is InChI=1S/C12H19ClN2O/c1-3-16-8-4-7-14-10(2)11-5-6-12(13)15-9-11/h5-6,9-10,14H,3-4,7-8H2,1-2H3. The quantitative estimate of drug-likeness (QED) is 0.590. The summed E-state index contributed by atoms with van der Waals surface area (Å²) < 4.78 is 5.27. The minimum Gasteiger partial charge on any atom is -0.382 e. The highest BCUT2D eigenvalue weighted by atomic mass is 35.5. The lowest BCUT2D eigenvalue weighted by atomic mass is 10.1. The monoisotopic (exact) mass is 242 g/mol. The Morgan fingerprint density at radius 2 is 2.31 bits per heavy atom. The van der Waals surface area contributed by atoms with Gasteiger partial charge in [0.2, 0.25) is 0 Å². The van der Waals surface area contributed by atoms with E-state index in [-0.39, 0.29) is 0 Å². The number of hydrogen-bond acceptors (Lipinski definition) is 3. The summed E-state index contributed by atoms with van der Waals surface area (Å²) in [5, 5.41) is 3.95. The first kappa shape index (κ1) is 13.4. The topological polar surface area (TPSA) is 34.1 Å². The van der Waals surface area contributed by atoms with Crippen LogP contribution in [0.1, 0.15) is 31.9 Å². The first-order chi connectivity index (χ1) is 7.74. The van der Waals surface area contributed by atoms with Gasteiger partial charge in [0, 0.05) is 25.5 Å². The largest absolute Gasteiger partial charge is 0.382 e. The Hall–Kier alpha value is -0.640. The highest BCUT2D eigenvalue weighted by molar-refractivity contribution is 6.29. The molecule has 1 aromatic rings. The smallest absolute Gasteiger partial charge is 0.129 e. The summed E-state index contributed by atoms with van der Waals surface area (Å²) in [7, 11) is 0. The van der Waals surface area contributed by atoms with Crippen molar-refractivity contribution in [1.29, 1.82) is 0 Å². The minimum absolute atomic E-state index is 0.298. The van der Waals surface area contributed by atoms with Gasteiger partial charge in [-0.15, -0.1) is 0 Å². The molecule has 0 aliphatic carbocycles. The van der Waals surface area contributed by atoms with Crippen molar-refractivity contribution in [1.82, 2.24) is 10.3 Å². The molecule has 1 unspecified atom stereocenters. The molecule has 0 aliphatic heterocycles. The third kappa shape index (κ3) is 4.92. The van der Waals surface area contributed by atoms with E-state index in [0.29, 0.717) is 11.2 Å². The summed E-state index contributed by atoms with van der Waals surface area (Å²) >= 11 is 5.73.